The fraction of sp³-hybridized carbons (Fsp3) is 0.647. The third-order valence-corrected chi connectivity index (χ3v) is 5.47. The van der Waals surface area contributed by atoms with Gasteiger partial charge in [0.15, 0.2) is 0 Å². The van der Waals surface area contributed by atoms with Gasteiger partial charge in [-0.25, -0.2) is 14.3 Å². The van der Waals surface area contributed by atoms with Gasteiger partial charge in [0, 0.05) is 39.8 Å². The molecule has 5 amide bonds. The van der Waals surface area contributed by atoms with Gasteiger partial charge >= 0.3 is 12.1 Å². The minimum absolute atomic E-state index is 0.178. The number of hydrogen-bond donors (Lipinski definition) is 1. The fourth-order valence-electron chi connectivity index (χ4n) is 3.69. The highest BCUT2D eigenvalue weighted by molar-refractivity contribution is 6.06. The summed E-state index contributed by atoms with van der Waals surface area (Å²) in [7, 11) is 3.16. The summed E-state index contributed by atoms with van der Waals surface area (Å²) in [5.41, 5.74) is -0.814. The first-order valence-corrected chi connectivity index (χ1v) is 9.04. The summed E-state index contributed by atoms with van der Waals surface area (Å²) in [6.45, 7) is 3.71. The van der Waals surface area contributed by atoms with Crippen molar-refractivity contribution in [2.45, 2.75) is 44.7 Å². The fourth-order valence-corrected chi connectivity index (χ4v) is 3.69. The minimum atomic E-state index is -0.814. The van der Waals surface area contributed by atoms with Gasteiger partial charge in [0.1, 0.15) is 11.4 Å². The van der Waals surface area contributed by atoms with Crippen LogP contribution in [0.4, 0.5) is 15.4 Å². The van der Waals surface area contributed by atoms with E-state index in [0.717, 1.165) is 19.4 Å². The lowest BCUT2D eigenvalue weighted by atomic mass is 9.86. The number of carbonyl (C=O) groups excluding carboxylic acids is 3. The van der Waals surface area contributed by atoms with E-state index in [-0.39, 0.29) is 18.0 Å². The molecule has 1 aromatic heterocycles. The minimum Gasteiger partial charge on any atom is -0.324 e. The van der Waals surface area contributed by atoms with Crippen molar-refractivity contribution in [3.8, 4) is 0 Å². The van der Waals surface area contributed by atoms with Crippen molar-refractivity contribution in [2.75, 3.05) is 32.5 Å². The van der Waals surface area contributed by atoms with Gasteiger partial charge in [-0.3, -0.25) is 15.0 Å². The van der Waals surface area contributed by atoms with E-state index in [1.165, 1.54) is 16.8 Å². The lowest BCUT2D eigenvalue weighted by Crippen LogP contribution is -2.56. The monoisotopic (exact) mass is 362 g/mol. The Morgan fingerprint density at radius 3 is 2.54 bits per heavy atom. The van der Waals surface area contributed by atoms with Crippen molar-refractivity contribution in [1.29, 1.82) is 0 Å². The second kappa shape index (κ2) is 6.97. The van der Waals surface area contributed by atoms with Gasteiger partial charge in [0.05, 0.1) is 6.20 Å². The van der Waals surface area contributed by atoms with E-state index in [0.29, 0.717) is 31.7 Å². The first kappa shape index (κ1) is 18.2. The van der Waals surface area contributed by atoms with Crippen LogP contribution < -0.4 is 5.32 Å². The maximum Gasteiger partial charge on any atom is 0.327 e. The normalized spacial score (nSPS) is 19.6. The van der Waals surface area contributed by atoms with Crippen LogP contribution in [0.1, 0.15) is 32.6 Å². The van der Waals surface area contributed by atoms with Gasteiger partial charge in [-0.15, -0.1) is 0 Å². The summed E-state index contributed by atoms with van der Waals surface area (Å²) in [6.07, 6.45) is 4.61. The molecule has 9 heteroatoms. The van der Waals surface area contributed by atoms with Crippen LogP contribution in [0.2, 0.25) is 0 Å². The topological polar surface area (TPSA) is 90.8 Å². The molecule has 2 aliphatic heterocycles. The van der Waals surface area contributed by atoms with Gasteiger partial charge in [0.2, 0.25) is 0 Å². The van der Waals surface area contributed by atoms with Gasteiger partial charge < -0.3 is 9.80 Å². The molecule has 0 bridgehead atoms. The molecule has 9 nitrogen and oxygen atoms in total. The summed E-state index contributed by atoms with van der Waals surface area (Å²) < 4.78 is 1.79. The molecule has 3 rings (SSSR count). The van der Waals surface area contributed by atoms with Crippen molar-refractivity contribution in [3.63, 3.8) is 0 Å². The first-order valence-electron chi connectivity index (χ1n) is 9.04. The summed E-state index contributed by atoms with van der Waals surface area (Å²) in [5.74, 6) is 0.496. The molecule has 3 heterocycles. The van der Waals surface area contributed by atoms with E-state index >= 15 is 0 Å². The zero-order valence-electron chi connectivity index (χ0n) is 15.6. The third-order valence-electron chi connectivity index (χ3n) is 5.47. The number of carbonyl (C=O) groups is 3. The highest BCUT2D eigenvalue weighted by Gasteiger charge is 2.55. The molecular weight excluding hydrogens is 336 g/mol. The van der Waals surface area contributed by atoms with Gasteiger partial charge in [0.25, 0.3) is 5.91 Å². The van der Waals surface area contributed by atoms with Gasteiger partial charge in [-0.05, 0) is 19.3 Å². The van der Waals surface area contributed by atoms with Crippen LogP contribution in [0.3, 0.4) is 0 Å². The van der Waals surface area contributed by atoms with Crippen LogP contribution in [0.25, 0.3) is 0 Å². The Labute approximate surface area is 152 Å². The predicted molar refractivity (Wildman–Crippen MR) is 95.6 cm³/mol. The first-order chi connectivity index (χ1) is 12.4. The molecule has 0 unspecified atom stereocenters. The molecule has 1 aromatic rings. The molecule has 1 spiro atoms. The van der Waals surface area contributed by atoms with E-state index in [9.17, 15) is 14.4 Å². The zero-order chi connectivity index (χ0) is 18.9. The lowest BCUT2D eigenvalue weighted by Gasteiger charge is -2.40. The van der Waals surface area contributed by atoms with E-state index in [2.05, 4.69) is 17.3 Å². The molecule has 0 aromatic carbocycles. The van der Waals surface area contributed by atoms with Gasteiger partial charge in [-0.1, -0.05) is 13.3 Å². The molecule has 1 N–H and O–H groups in total. The molecule has 0 atom stereocenters. The van der Waals surface area contributed by atoms with Crippen LogP contribution in [0.15, 0.2) is 12.3 Å². The number of likely N-dealkylation sites (tertiary alicyclic amines) is 1. The van der Waals surface area contributed by atoms with Crippen LogP contribution >= 0.6 is 0 Å². The van der Waals surface area contributed by atoms with E-state index in [1.807, 2.05) is 0 Å². The number of likely N-dealkylation sites (N-methyl/N-ethyl adjacent to an activating group) is 2. The number of anilines is 1. The van der Waals surface area contributed by atoms with Crippen molar-refractivity contribution in [3.05, 3.63) is 12.3 Å². The number of piperidine rings is 1. The number of aryl methyl sites for hydroxylation is 1. The predicted octanol–water partition coefficient (Wildman–Crippen LogP) is 1.57. The number of rotatable bonds is 4. The number of amides is 5. The highest BCUT2D eigenvalue weighted by atomic mass is 16.2. The van der Waals surface area contributed by atoms with Gasteiger partial charge in [-0.2, -0.15) is 5.10 Å². The van der Waals surface area contributed by atoms with Crippen LogP contribution in [-0.2, 0) is 11.3 Å². The number of nitrogens with zero attached hydrogens (tertiary/aromatic N) is 5. The molecule has 142 valence electrons. The van der Waals surface area contributed by atoms with Crippen molar-refractivity contribution in [2.24, 2.45) is 0 Å². The lowest BCUT2D eigenvalue weighted by molar-refractivity contribution is -0.134. The van der Waals surface area contributed by atoms with Crippen LogP contribution in [0.5, 0.6) is 0 Å². The Morgan fingerprint density at radius 2 is 1.96 bits per heavy atom. The molecule has 2 fully saturated rings. The van der Waals surface area contributed by atoms with E-state index in [1.54, 1.807) is 28.9 Å². The highest BCUT2D eigenvalue weighted by Crippen LogP contribution is 2.35. The Hall–Kier alpha value is -2.58. The molecule has 0 radical (unpaired) electrons. The number of urea groups is 2. The van der Waals surface area contributed by atoms with Crippen LogP contribution in [0, 0.1) is 0 Å². The Morgan fingerprint density at radius 1 is 1.27 bits per heavy atom. The maximum atomic E-state index is 12.6. The average molecular weight is 362 g/mol. The summed E-state index contributed by atoms with van der Waals surface area (Å²) >= 11 is 0. The average Bonchev–Trinajstić information content (AvgIpc) is 3.15. The number of aromatic nitrogens is 2. The van der Waals surface area contributed by atoms with Crippen molar-refractivity contribution >= 4 is 23.8 Å². The smallest absolute Gasteiger partial charge is 0.324 e. The van der Waals surface area contributed by atoms with E-state index in [4.69, 9.17) is 0 Å². The second-order valence-electron chi connectivity index (χ2n) is 6.95. The van der Waals surface area contributed by atoms with E-state index < -0.39 is 5.54 Å². The van der Waals surface area contributed by atoms with Crippen LogP contribution in [-0.4, -0.2) is 75.2 Å². The zero-order valence-corrected chi connectivity index (χ0v) is 15.6. The third kappa shape index (κ3) is 2.91. The number of unbranched alkanes of at least 4 members (excludes halogenated alkanes) is 1. The molecule has 0 aliphatic carbocycles. The molecular formula is C17H26N6O3. The van der Waals surface area contributed by atoms with Crippen molar-refractivity contribution < 1.29 is 14.4 Å². The Balaban J connectivity index is 1.62. The quantitative estimate of drug-likeness (QED) is 0.823. The largest absolute Gasteiger partial charge is 0.327 e. The molecule has 2 saturated heterocycles. The SMILES string of the molecule is CCCCn1nccc1NC(=O)N1CCC2(CC1)C(=O)N(C)C(=O)N2C. The number of hydrogen-bond acceptors (Lipinski definition) is 4. The Kier molecular flexibility index (Phi) is 4.88. The molecule has 2 aliphatic rings. The standard InChI is InChI=1S/C17H26N6O3/c1-4-5-10-23-13(6-9-18-23)19-15(25)22-11-7-17(8-12-22)14(24)20(2)16(26)21(17)3/h6,9H,4-5,7-8,10-12H2,1-3H3,(H,19,25). The summed E-state index contributed by atoms with van der Waals surface area (Å²) in [5, 5.41) is 7.14. The molecule has 26 heavy (non-hydrogen) atoms. The maximum absolute atomic E-state index is 12.6. The number of imide groups is 1. The number of nitrogens with one attached hydrogen (secondary N) is 1. The second-order valence-corrected chi connectivity index (χ2v) is 6.95. The van der Waals surface area contributed by atoms with Crippen molar-refractivity contribution in [1.82, 2.24) is 24.5 Å². The summed E-state index contributed by atoms with van der Waals surface area (Å²) in [4.78, 5) is 41.5. The Bertz CT molecular complexity index is 707. The molecule has 0 saturated carbocycles. The summed E-state index contributed by atoms with van der Waals surface area (Å²) in [6, 6.07) is 1.29.